The lowest BCUT2D eigenvalue weighted by Gasteiger charge is -2.35. The first-order valence-corrected chi connectivity index (χ1v) is 9.64. The lowest BCUT2D eigenvalue weighted by atomic mass is 9.75. The molecule has 0 saturated heterocycles. The lowest BCUT2D eigenvalue weighted by Crippen LogP contribution is -2.38. The van der Waals surface area contributed by atoms with Gasteiger partial charge in [-0.15, -0.1) is 11.3 Å². The van der Waals surface area contributed by atoms with Crippen LogP contribution >= 0.6 is 11.3 Å². The summed E-state index contributed by atoms with van der Waals surface area (Å²) in [7, 11) is 1.55. The van der Waals surface area contributed by atoms with Crippen LogP contribution in [0.25, 0.3) is 10.2 Å². The molecule has 0 bridgehead atoms. The lowest BCUT2D eigenvalue weighted by molar-refractivity contribution is 0.0155. The molecule has 0 radical (unpaired) electrons. The van der Waals surface area contributed by atoms with E-state index < -0.39 is 11.0 Å². The summed E-state index contributed by atoms with van der Waals surface area (Å²) in [5, 5.41) is 13.0. The molecule has 2 heterocycles. The van der Waals surface area contributed by atoms with Crippen LogP contribution in [-0.4, -0.2) is 22.4 Å². The van der Waals surface area contributed by atoms with Crippen molar-refractivity contribution >= 4 is 21.6 Å². The van der Waals surface area contributed by atoms with Gasteiger partial charge in [-0.25, -0.2) is 4.39 Å². The smallest absolute Gasteiger partial charge is 0.199 e. The largest absolute Gasteiger partial charge is 0.496 e. The van der Waals surface area contributed by atoms with Crippen LogP contribution in [0.5, 0.6) is 5.75 Å². The Labute approximate surface area is 161 Å². The first kappa shape index (κ1) is 19.6. The number of pyridine rings is 1. The maximum atomic E-state index is 13.8. The number of ether oxygens (including phenoxy) is 1. The Morgan fingerprint density at radius 2 is 1.96 bits per heavy atom. The minimum absolute atomic E-state index is 0.0132. The Balaban J connectivity index is 1.91. The molecule has 1 unspecified atom stereocenters. The molecule has 3 rings (SSSR count). The Kier molecular flexibility index (Phi) is 5.14. The normalized spacial score (nSPS) is 14.3. The monoisotopic (exact) mass is 389 g/mol. The van der Waals surface area contributed by atoms with Gasteiger partial charge in [-0.05, 0) is 48.4 Å². The standard InChI is InChI=1S/C21H24FNO3S/c1-20(2,15-11-14(22)5-6-18(15)26-4)12-21(3,25)13-23-9-7-17(24)19-16(23)8-10-27-19/h5-11,25H,12-13H2,1-4H3. The molecule has 1 atom stereocenters. The van der Waals surface area contributed by atoms with Crippen LogP contribution < -0.4 is 10.2 Å². The third kappa shape index (κ3) is 4.06. The topological polar surface area (TPSA) is 51.5 Å². The zero-order chi connectivity index (χ0) is 19.8. The zero-order valence-corrected chi connectivity index (χ0v) is 16.8. The van der Waals surface area contributed by atoms with E-state index >= 15 is 0 Å². The van der Waals surface area contributed by atoms with Gasteiger partial charge in [0.15, 0.2) is 5.43 Å². The van der Waals surface area contributed by atoms with Crippen molar-refractivity contribution in [3.8, 4) is 5.75 Å². The van der Waals surface area contributed by atoms with Crippen LogP contribution in [0.2, 0.25) is 0 Å². The number of thiophene rings is 1. The third-order valence-corrected chi connectivity index (χ3v) is 5.73. The van der Waals surface area contributed by atoms with Crippen molar-refractivity contribution in [1.29, 1.82) is 0 Å². The fraction of sp³-hybridized carbons (Fsp3) is 0.381. The minimum atomic E-state index is -1.08. The van der Waals surface area contributed by atoms with Crippen molar-refractivity contribution in [3.05, 3.63) is 63.5 Å². The number of halogens is 1. The summed E-state index contributed by atoms with van der Waals surface area (Å²) >= 11 is 1.40. The van der Waals surface area contributed by atoms with Crippen LogP contribution in [0.1, 0.15) is 32.8 Å². The van der Waals surface area contributed by atoms with Crippen molar-refractivity contribution in [2.24, 2.45) is 0 Å². The van der Waals surface area contributed by atoms with Crippen molar-refractivity contribution in [2.75, 3.05) is 7.11 Å². The summed E-state index contributed by atoms with van der Waals surface area (Å²) < 4.78 is 21.8. The summed E-state index contributed by atoms with van der Waals surface area (Å²) in [6, 6.07) is 7.85. The molecule has 144 valence electrons. The molecular formula is C21H24FNO3S. The Bertz CT molecular complexity index is 1020. The number of hydrogen-bond donors (Lipinski definition) is 1. The van der Waals surface area contributed by atoms with E-state index in [4.69, 9.17) is 4.74 Å². The second-order valence-electron chi connectivity index (χ2n) is 7.85. The molecule has 0 aliphatic carbocycles. The zero-order valence-electron chi connectivity index (χ0n) is 16.0. The molecule has 0 fully saturated rings. The van der Waals surface area contributed by atoms with Crippen molar-refractivity contribution in [3.63, 3.8) is 0 Å². The second-order valence-corrected chi connectivity index (χ2v) is 8.76. The Morgan fingerprint density at radius 3 is 2.67 bits per heavy atom. The van der Waals surface area contributed by atoms with Crippen molar-refractivity contribution in [1.82, 2.24) is 4.57 Å². The predicted octanol–water partition coefficient (Wildman–Crippen LogP) is 4.33. The first-order valence-electron chi connectivity index (χ1n) is 8.76. The molecule has 0 aliphatic heterocycles. The average Bonchev–Trinajstić information content (AvgIpc) is 3.07. The fourth-order valence-corrected chi connectivity index (χ4v) is 4.67. The third-order valence-electron chi connectivity index (χ3n) is 4.81. The van der Waals surface area contributed by atoms with Gasteiger partial charge in [-0.2, -0.15) is 0 Å². The SMILES string of the molecule is COc1ccc(F)cc1C(C)(C)CC(C)(O)Cn1ccc(=O)c2sccc21. The summed E-state index contributed by atoms with van der Waals surface area (Å²) in [6.07, 6.45) is 2.10. The number of hydrogen-bond acceptors (Lipinski definition) is 4. The van der Waals surface area contributed by atoms with E-state index in [-0.39, 0.29) is 11.2 Å². The van der Waals surface area contributed by atoms with Gasteiger partial charge in [-0.1, -0.05) is 13.8 Å². The minimum Gasteiger partial charge on any atom is -0.496 e. The van der Waals surface area contributed by atoms with E-state index in [9.17, 15) is 14.3 Å². The maximum Gasteiger partial charge on any atom is 0.199 e. The van der Waals surface area contributed by atoms with Crippen LogP contribution in [0, 0.1) is 5.82 Å². The van der Waals surface area contributed by atoms with Crippen LogP contribution in [0.4, 0.5) is 4.39 Å². The Hall–Kier alpha value is -2.18. The number of aromatic nitrogens is 1. The summed E-state index contributed by atoms with van der Waals surface area (Å²) in [5.74, 6) is 0.264. The number of fused-ring (bicyclic) bond motifs is 1. The molecule has 1 N–H and O–H groups in total. The second kappa shape index (κ2) is 7.09. The molecule has 0 amide bonds. The van der Waals surface area contributed by atoms with E-state index in [0.717, 1.165) is 5.52 Å². The van der Waals surface area contributed by atoms with E-state index in [2.05, 4.69) is 0 Å². The molecule has 6 heteroatoms. The first-order chi connectivity index (χ1) is 12.6. The molecule has 0 aliphatic rings. The molecule has 4 nitrogen and oxygen atoms in total. The van der Waals surface area contributed by atoms with Crippen molar-refractivity contribution in [2.45, 2.75) is 44.8 Å². The van der Waals surface area contributed by atoms with E-state index in [1.54, 1.807) is 26.3 Å². The predicted molar refractivity (Wildman–Crippen MR) is 107 cm³/mol. The van der Waals surface area contributed by atoms with E-state index in [1.807, 2.05) is 29.9 Å². The van der Waals surface area contributed by atoms with Gasteiger partial charge in [0.25, 0.3) is 0 Å². The highest BCUT2D eigenvalue weighted by molar-refractivity contribution is 7.17. The molecule has 1 aromatic carbocycles. The number of aliphatic hydroxyl groups is 1. The van der Waals surface area contributed by atoms with Crippen molar-refractivity contribution < 1.29 is 14.2 Å². The summed E-state index contributed by atoms with van der Waals surface area (Å²) in [5.41, 5.74) is -0.0883. The van der Waals surface area contributed by atoms with Gasteiger partial charge in [0.1, 0.15) is 11.6 Å². The fourth-order valence-electron chi connectivity index (χ4n) is 3.84. The summed E-state index contributed by atoms with van der Waals surface area (Å²) in [4.78, 5) is 12.0. The quantitative estimate of drug-likeness (QED) is 0.683. The molecule has 3 aromatic rings. The molecule has 0 spiro atoms. The summed E-state index contributed by atoms with van der Waals surface area (Å²) in [6.45, 7) is 6.01. The average molecular weight is 389 g/mol. The number of rotatable bonds is 6. The van der Waals surface area contributed by atoms with Gasteiger partial charge in [0.05, 0.1) is 29.5 Å². The highest BCUT2D eigenvalue weighted by Gasteiger charge is 2.34. The van der Waals surface area contributed by atoms with Gasteiger partial charge >= 0.3 is 0 Å². The number of nitrogens with zero attached hydrogens (tertiary/aromatic N) is 1. The maximum absolute atomic E-state index is 13.8. The highest BCUT2D eigenvalue weighted by Crippen LogP contribution is 2.38. The number of benzene rings is 1. The van der Waals surface area contributed by atoms with E-state index in [1.165, 1.54) is 29.5 Å². The van der Waals surface area contributed by atoms with Crippen LogP contribution in [0.3, 0.4) is 0 Å². The van der Waals surface area contributed by atoms with Crippen LogP contribution in [0.15, 0.2) is 46.7 Å². The van der Waals surface area contributed by atoms with Gasteiger partial charge in [-0.3, -0.25) is 4.79 Å². The molecule has 0 saturated carbocycles. The van der Waals surface area contributed by atoms with E-state index in [0.29, 0.717) is 29.0 Å². The number of methoxy groups -OCH3 is 1. The molecule has 27 heavy (non-hydrogen) atoms. The van der Waals surface area contributed by atoms with Crippen LogP contribution in [-0.2, 0) is 12.0 Å². The highest BCUT2D eigenvalue weighted by atomic mass is 32.1. The van der Waals surface area contributed by atoms with Gasteiger partial charge in [0.2, 0.25) is 0 Å². The van der Waals surface area contributed by atoms with Gasteiger partial charge < -0.3 is 14.4 Å². The Morgan fingerprint density at radius 1 is 1.22 bits per heavy atom. The molecule has 2 aromatic heterocycles. The van der Waals surface area contributed by atoms with Gasteiger partial charge in [0, 0.05) is 17.8 Å². The molecular weight excluding hydrogens is 365 g/mol.